The van der Waals surface area contributed by atoms with Crippen LogP contribution in [0.2, 0.25) is 0 Å². The Kier molecular flexibility index (Phi) is 5.47. The number of nitrogens with one attached hydrogen (secondary N) is 1. The van der Waals surface area contributed by atoms with Crippen LogP contribution in [-0.2, 0) is 16.6 Å². The number of thiophene rings is 1. The second kappa shape index (κ2) is 7.63. The lowest BCUT2D eigenvalue weighted by molar-refractivity contribution is 0.193. The van der Waals surface area contributed by atoms with E-state index in [0.29, 0.717) is 16.4 Å². The Labute approximate surface area is 156 Å². The molecule has 2 heterocycles. The van der Waals surface area contributed by atoms with Crippen molar-refractivity contribution < 1.29 is 22.7 Å². The van der Waals surface area contributed by atoms with Gasteiger partial charge < -0.3 is 14.3 Å². The summed E-state index contributed by atoms with van der Waals surface area (Å²) in [5.74, 6) is 1.09. The Morgan fingerprint density at radius 3 is 2.73 bits per heavy atom. The summed E-state index contributed by atoms with van der Waals surface area (Å²) in [5, 5.41) is 10.2. The Morgan fingerprint density at radius 2 is 2.08 bits per heavy atom. The summed E-state index contributed by atoms with van der Waals surface area (Å²) in [6.07, 6.45) is 0.641. The molecule has 1 aromatic carbocycles. The molecular weight excluding hydrogens is 374 g/mol. The van der Waals surface area contributed by atoms with Crippen LogP contribution in [0.15, 0.2) is 58.0 Å². The van der Waals surface area contributed by atoms with Crippen LogP contribution in [-0.4, -0.2) is 20.6 Å². The molecule has 2 N–H and O–H groups in total. The zero-order chi connectivity index (χ0) is 18.7. The standard InChI is InChI=1S/C18H19NO5S2/c1-12-10-14(6-7-15(12)23-2)26(21,22)19-11-13-5-8-17(25-13)18(20)16-4-3-9-24-16/h3-10,18-20H,11H2,1-2H3. The van der Waals surface area contributed by atoms with E-state index in [1.807, 2.05) is 0 Å². The molecule has 0 amide bonds. The molecule has 0 saturated carbocycles. The molecule has 0 fully saturated rings. The summed E-state index contributed by atoms with van der Waals surface area (Å²) in [6, 6.07) is 11.7. The Balaban J connectivity index is 1.69. The van der Waals surface area contributed by atoms with Gasteiger partial charge in [-0.1, -0.05) is 0 Å². The first-order chi connectivity index (χ1) is 12.4. The maximum Gasteiger partial charge on any atom is 0.240 e. The fraction of sp³-hybridized carbons (Fsp3) is 0.222. The van der Waals surface area contributed by atoms with Gasteiger partial charge >= 0.3 is 0 Å². The van der Waals surface area contributed by atoms with E-state index in [0.717, 1.165) is 10.4 Å². The highest BCUT2D eigenvalue weighted by Crippen LogP contribution is 2.29. The summed E-state index contributed by atoms with van der Waals surface area (Å²) in [4.78, 5) is 1.66. The van der Waals surface area contributed by atoms with Gasteiger partial charge in [0.05, 0.1) is 18.3 Å². The molecular formula is C18H19NO5S2. The van der Waals surface area contributed by atoms with E-state index in [2.05, 4.69) is 4.72 Å². The fourth-order valence-corrected chi connectivity index (χ4v) is 4.62. The number of aliphatic hydroxyl groups is 1. The van der Waals surface area contributed by atoms with E-state index in [9.17, 15) is 13.5 Å². The van der Waals surface area contributed by atoms with Crippen LogP contribution < -0.4 is 9.46 Å². The molecule has 26 heavy (non-hydrogen) atoms. The number of hydrogen-bond donors (Lipinski definition) is 2. The maximum absolute atomic E-state index is 12.5. The minimum atomic E-state index is -3.64. The van der Waals surface area contributed by atoms with Crippen molar-refractivity contribution in [1.82, 2.24) is 4.72 Å². The van der Waals surface area contributed by atoms with Gasteiger partial charge in [0.25, 0.3) is 0 Å². The quantitative estimate of drug-likeness (QED) is 0.643. The van der Waals surface area contributed by atoms with Crippen LogP contribution in [0.4, 0.5) is 0 Å². The Bertz CT molecular complexity index is 977. The molecule has 0 aliphatic rings. The lowest BCUT2D eigenvalue weighted by Gasteiger charge is -2.09. The smallest absolute Gasteiger partial charge is 0.240 e. The second-order valence-electron chi connectivity index (χ2n) is 5.68. The summed E-state index contributed by atoms with van der Waals surface area (Å²) in [5.41, 5.74) is 0.746. The summed E-state index contributed by atoms with van der Waals surface area (Å²) in [6.45, 7) is 1.93. The van der Waals surface area contributed by atoms with Crippen molar-refractivity contribution in [1.29, 1.82) is 0 Å². The average molecular weight is 393 g/mol. The molecule has 6 nitrogen and oxygen atoms in total. The molecule has 0 radical (unpaired) electrons. The number of hydrogen-bond acceptors (Lipinski definition) is 6. The second-order valence-corrected chi connectivity index (χ2v) is 8.64. The van der Waals surface area contributed by atoms with Crippen LogP contribution in [0.25, 0.3) is 0 Å². The first-order valence-electron chi connectivity index (χ1n) is 7.85. The third kappa shape index (κ3) is 3.99. The highest BCUT2D eigenvalue weighted by molar-refractivity contribution is 7.89. The average Bonchev–Trinajstić information content (AvgIpc) is 3.31. The van der Waals surface area contributed by atoms with Crippen LogP contribution in [0.5, 0.6) is 5.75 Å². The van der Waals surface area contributed by atoms with E-state index < -0.39 is 16.1 Å². The SMILES string of the molecule is COc1ccc(S(=O)(=O)NCc2ccc(C(O)c3ccco3)s2)cc1C. The summed E-state index contributed by atoms with van der Waals surface area (Å²) in [7, 11) is -2.10. The molecule has 0 bridgehead atoms. The van der Waals surface area contributed by atoms with Crippen LogP contribution >= 0.6 is 11.3 Å². The van der Waals surface area contributed by atoms with Gasteiger partial charge in [0.15, 0.2) is 0 Å². The number of ether oxygens (including phenoxy) is 1. The predicted molar refractivity (Wildman–Crippen MR) is 98.8 cm³/mol. The fourth-order valence-electron chi connectivity index (χ4n) is 2.49. The number of methoxy groups -OCH3 is 1. The maximum atomic E-state index is 12.5. The summed E-state index contributed by atoms with van der Waals surface area (Å²) < 4.78 is 37.9. The van der Waals surface area contributed by atoms with E-state index >= 15 is 0 Å². The zero-order valence-corrected chi connectivity index (χ0v) is 15.9. The van der Waals surface area contributed by atoms with Gasteiger partial charge in [-0.25, -0.2) is 13.1 Å². The highest BCUT2D eigenvalue weighted by atomic mass is 32.2. The number of aliphatic hydroxyl groups excluding tert-OH is 1. The van der Waals surface area contributed by atoms with Crippen molar-refractivity contribution in [2.75, 3.05) is 7.11 Å². The molecule has 8 heteroatoms. The first kappa shape index (κ1) is 18.7. The number of furan rings is 1. The molecule has 3 aromatic rings. The summed E-state index contributed by atoms with van der Waals surface area (Å²) >= 11 is 1.33. The van der Waals surface area contributed by atoms with Crippen molar-refractivity contribution >= 4 is 21.4 Å². The highest BCUT2D eigenvalue weighted by Gasteiger charge is 2.18. The van der Waals surface area contributed by atoms with Crippen molar-refractivity contribution in [3.8, 4) is 5.75 Å². The number of benzene rings is 1. The van der Waals surface area contributed by atoms with Crippen molar-refractivity contribution in [2.24, 2.45) is 0 Å². The lowest BCUT2D eigenvalue weighted by atomic mass is 10.2. The molecule has 0 spiro atoms. The number of sulfonamides is 1. The van der Waals surface area contributed by atoms with Crippen LogP contribution in [0.3, 0.4) is 0 Å². The van der Waals surface area contributed by atoms with Gasteiger partial charge in [-0.05, 0) is 55.0 Å². The van der Waals surface area contributed by atoms with Gasteiger partial charge in [0.2, 0.25) is 10.0 Å². The topological polar surface area (TPSA) is 88.8 Å². The Morgan fingerprint density at radius 1 is 1.27 bits per heavy atom. The molecule has 138 valence electrons. The van der Waals surface area contributed by atoms with Gasteiger partial charge in [-0.2, -0.15) is 0 Å². The molecule has 0 aliphatic carbocycles. The number of rotatable bonds is 7. The largest absolute Gasteiger partial charge is 0.496 e. The lowest BCUT2D eigenvalue weighted by Crippen LogP contribution is -2.22. The van der Waals surface area contributed by atoms with Gasteiger partial charge in [-0.3, -0.25) is 0 Å². The van der Waals surface area contributed by atoms with Gasteiger partial charge in [0.1, 0.15) is 17.6 Å². The van der Waals surface area contributed by atoms with E-state index in [1.165, 1.54) is 23.7 Å². The van der Waals surface area contributed by atoms with Crippen molar-refractivity contribution in [3.63, 3.8) is 0 Å². The third-order valence-electron chi connectivity index (χ3n) is 3.88. The zero-order valence-electron chi connectivity index (χ0n) is 14.3. The first-order valence-corrected chi connectivity index (χ1v) is 10.1. The minimum absolute atomic E-state index is 0.142. The van der Waals surface area contributed by atoms with Gasteiger partial charge in [-0.15, -0.1) is 11.3 Å². The molecule has 3 rings (SSSR count). The predicted octanol–water partition coefficient (Wildman–Crippen LogP) is 3.22. The molecule has 1 atom stereocenters. The number of aryl methyl sites for hydroxylation is 1. The Hall–Kier alpha value is -2.13. The molecule has 2 aromatic heterocycles. The van der Waals surface area contributed by atoms with E-state index in [1.54, 1.807) is 50.4 Å². The third-order valence-corrected chi connectivity index (χ3v) is 6.41. The van der Waals surface area contributed by atoms with Crippen molar-refractivity contribution in [2.45, 2.75) is 24.5 Å². The molecule has 0 aliphatic heterocycles. The van der Waals surface area contributed by atoms with Crippen LogP contribution in [0, 0.1) is 6.92 Å². The minimum Gasteiger partial charge on any atom is -0.496 e. The van der Waals surface area contributed by atoms with Gasteiger partial charge in [0, 0.05) is 16.3 Å². The van der Waals surface area contributed by atoms with Crippen LogP contribution in [0.1, 0.15) is 27.2 Å². The normalized spacial score (nSPS) is 12.9. The monoisotopic (exact) mass is 393 g/mol. The van der Waals surface area contributed by atoms with E-state index in [-0.39, 0.29) is 11.4 Å². The van der Waals surface area contributed by atoms with E-state index in [4.69, 9.17) is 9.15 Å². The molecule has 0 saturated heterocycles. The van der Waals surface area contributed by atoms with Crippen molar-refractivity contribution in [3.05, 3.63) is 69.8 Å². The molecule has 1 unspecified atom stereocenters.